The number of hydrogen-bond acceptors (Lipinski definition) is 1. The van der Waals surface area contributed by atoms with E-state index in [1.54, 1.807) is 0 Å². The number of hydrogen-bond donors (Lipinski definition) is 1. The Kier molecular flexibility index (Phi) is 5.43. The topological polar surface area (TPSA) is 12.0 Å². The third-order valence-electron chi connectivity index (χ3n) is 12.9. The fraction of sp³-hybridized carbons (Fsp3) is 1.00. The van der Waals surface area contributed by atoms with Gasteiger partial charge in [0.2, 0.25) is 0 Å². The highest BCUT2D eigenvalue weighted by Gasteiger charge is 2.68. The van der Waals surface area contributed by atoms with Crippen molar-refractivity contribution in [3.63, 3.8) is 0 Å². The van der Waals surface area contributed by atoms with Crippen LogP contribution < -0.4 is 5.32 Å². The number of halogens is 1. The molecule has 0 bridgehead atoms. The first-order valence-corrected chi connectivity index (χ1v) is 14.0. The Balaban J connectivity index is 1.44. The highest BCUT2D eigenvalue weighted by atomic mass is 35.5. The van der Waals surface area contributed by atoms with Crippen LogP contribution in [0.25, 0.3) is 0 Å². The van der Waals surface area contributed by atoms with Gasteiger partial charge < -0.3 is 5.32 Å². The van der Waals surface area contributed by atoms with Gasteiger partial charge in [0, 0.05) is 18.5 Å². The summed E-state index contributed by atoms with van der Waals surface area (Å²) in [6.07, 6.45) is 16.4. The van der Waals surface area contributed by atoms with Crippen LogP contribution >= 0.6 is 11.6 Å². The number of rotatable bonds is 3. The molecule has 30 heavy (non-hydrogen) atoms. The van der Waals surface area contributed by atoms with Crippen LogP contribution in [0.2, 0.25) is 0 Å². The van der Waals surface area contributed by atoms with Crippen LogP contribution in [0.1, 0.15) is 105 Å². The molecule has 5 rings (SSSR count). The smallest absolute Gasteiger partial charge is 0.0348 e. The van der Waals surface area contributed by atoms with Crippen LogP contribution in [0.4, 0.5) is 0 Å². The Hall–Kier alpha value is 0.250. The normalized spacial score (nSPS) is 57.8. The number of fused-ring (bicyclic) bond motifs is 7. The van der Waals surface area contributed by atoms with E-state index in [0.29, 0.717) is 27.7 Å². The average Bonchev–Trinajstić information content (AvgIpc) is 3.10. The van der Waals surface area contributed by atoms with Gasteiger partial charge in [0.1, 0.15) is 0 Å². The van der Waals surface area contributed by atoms with Gasteiger partial charge in [-0.3, -0.25) is 0 Å². The van der Waals surface area contributed by atoms with Crippen LogP contribution in [0.5, 0.6) is 0 Å². The molecule has 0 radical (unpaired) electrons. The van der Waals surface area contributed by atoms with Gasteiger partial charge in [-0.15, -0.1) is 11.6 Å². The molecule has 172 valence electrons. The molecule has 2 heteroatoms. The van der Waals surface area contributed by atoms with Crippen molar-refractivity contribution in [3.05, 3.63) is 0 Å². The average molecular weight is 434 g/mol. The fourth-order valence-corrected chi connectivity index (χ4v) is 11.2. The van der Waals surface area contributed by atoms with Crippen molar-refractivity contribution in [2.24, 2.45) is 51.2 Å². The third kappa shape index (κ3) is 2.82. The van der Waals surface area contributed by atoms with Crippen molar-refractivity contribution in [1.29, 1.82) is 0 Å². The maximum Gasteiger partial charge on any atom is 0.0348 e. The Morgan fingerprint density at radius 2 is 1.57 bits per heavy atom. The van der Waals surface area contributed by atoms with Crippen LogP contribution in [0.15, 0.2) is 0 Å². The molecule has 5 fully saturated rings. The second-order valence-corrected chi connectivity index (χ2v) is 13.9. The lowest BCUT2D eigenvalue weighted by molar-refractivity contribution is -0.226. The third-order valence-corrected chi connectivity index (χ3v) is 13.1. The van der Waals surface area contributed by atoms with Crippen LogP contribution in [0, 0.1) is 51.2 Å². The van der Waals surface area contributed by atoms with Gasteiger partial charge in [0.25, 0.3) is 0 Å². The van der Waals surface area contributed by atoms with Crippen molar-refractivity contribution in [3.8, 4) is 0 Å². The Morgan fingerprint density at radius 3 is 2.33 bits per heavy atom. The molecule has 8 unspecified atom stereocenters. The molecule has 0 aromatic rings. The lowest BCUT2D eigenvalue weighted by Crippen LogP contribution is -2.65. The largest absolute Gasteiger partial charge is 0.313 e. The standard InChI is InChI=1S/C28H48ClN/c1-19-20-10-14-28(5)24(26(20,3)13-11-23(19)30-18-17-29)9-8-22-21-7-6-12-25(21,2)15-16-27(22,28)4/h19-24,30H,6-18H2,1-5H3/t19?,20?,21-,22?,23?,24?,25?,26?,27-,28?/m1/s1. The SMILES string of the molecule is CC1C(NCCCl)CCC2(C)C1CCC1(C)C2CCC2[C@H]3CCCC3(C)CC[C@]21C. The van der Waals surface area contributed by atoms with E-state index in [1.165, 1.54) is 70.6 Å². The first kappa shape index (κ1) is 22.1. The maximum atomic E-state index is 6.01. The summed E-state index contributed by atoms with van der Waals surface area (Å²) in [5.74, 6) is 5.40. The molecule has 0 spiro atoms. The first-order chi connectivity index (χ1) is 14.2. The zero-order valence-corrected chi connectivity index (χ0v) is 21.3. The summed E-state index contributed by atoms with van der Waals surface area (Å²) in [5, 5.41) is 3.80. The summed E-state index contributed by atoms with van der Waals surface area (Å²) >= 11 is 6.01. The molecule has 1 N–H and O–H groups in total. The molecule has 1 nitrogen and oxygen atoms in total. The molecule has 5 saturated carbocycles. The molecule has 0 aliphatic heterocycles. The van der Waals surface area contributed by atoms with Gasteiger partial charge in [0.15, 0.2) is 0 Å². The summed E-state index contributed by atoms with van der Waals surface area (Å²) < 4.78 is 0. The van der Waals surface area contributed by atoms with E-state index in [1.807, 2.05) is 0 Å². The molecule has 5 aliphatic rings. The fourth-order valence-electron chi connectivity index (χ4n) is 11.0. The molecular formula is C28H48ClN. The highest BCUT2D eigenvalue weighted by Crippen LogP contribution is 2.75. The monoisotopic (exact) mass is 433 g/mol. The zero-order chi connectivity index (χ0) is 21.4. The minimum Gasteiger partial charge on any atom is -0.313 e. The Morgan fingerprint density at radius 1 is 0.767 bits per heavy atom. The highest BCUT2D eigenvalue weighted by molar-refractivity contribution is 6.18. The van der Waals surface area contributed by atoms with Crippen molar-refractivity contribution >= 4 is 11.6 Å². The van der Waals surface area contributed by atoms with Gasteiger partial charge >= 0.3 is 0 Å². The lowest BCUT2D eigenvalue weighted by atomic mass is 9.33. The molecule has 0 amide bonds. The predicted molar refractivity (Wildman–Crippen MR) is 129 cm³/mol. The summed E-state index contributed by atoms with van der Waals surface area (Å²) in [4.78, 5) is 0. The van der Waals surface area contributed by atoms with Crippen LogP contribution in [-0.4, -0.2) is 18.5 Å². The van der Waals surface area contributed by atoms with E-state index in [-0.39, 0.29) is 0 Å². The van der Waals surface area contributed by atoms with Crippen molar-refractivity contribution < 1.29 is 0 Å². The number of nitrogens with one attached hydrogen (secondary N) is 1. The minimum absolute atomic E-state index is 0.552. The Labute approximate surface area is 191 Å². The summed E-state index contributed by atoms with van der Waals surface area (Å²) in [7, 11) is 0. The molecule has 0 saturated heterocycles. The molecule has 0 aromatic heterocycles. The van der Waals surface area contributed by atoms with E-state index in [9.17, 15) is 0 Å². The van der Waals surface area contributed by atoms with Crippen LogP contribution in [-0.2, 0) is 0 Å². The molecule has 0 aromatic carbocycles. The van der Waals surface area contributed by atoms with E-state index in [0.717, 1.165) is 42.0 Å². The van der Waals surface area contributed by atoms with Gasteiger partial charge in [-0.25, -0.2) is 0 Å². The van der Waals surface area contributed by atoms with Crippen LogP contribution in [0.3, 0.4) is 0 Å². The van der Waals surface area contributed by atoms with E-state index in [4.69, 9.17) is 11.6 Å². The number of alkyl halides is 1. The summed E-state index contributed by atoms with van der Waals surface area (Å²) in [6.45, 7) is 14.5. The zero-order valence-electron chi connectivity index (χ0n) is 20.5. The summed E-state index contributed by atoms with van der Waals surface area (Å²) in [6, 6.07) is 0.687. The van der Waals surface area contributed by atoms with Gasteiger partial charge in [-0.05, 0) is 115 Å². The van der Waals surface area contributed by atoms with Crippen molar-refractivity contribution in [2.45, 2.75) is 111 Å². The van der Waals surface area contributed by atoms with Gasteiger partial charge in [-0.1, -0.05) is 41.0 Å². The van der Waals surface area contributed by atoms with E-state index >= 15 is 0 Å². The quantitative estimate of drug-likeness (QED) is 0.450. The predicted octanol–water partition coefficient (Wildman–Crippen LogP) is 7.67. The maximum absolute atomic E-state index is 6.01. The Bertz CT molecular complexity index is 663. The molecule has 10 atom stereocenters. The second-order valence-electron chi connectivity index (χ2n) is 13.5. The van der Waals surface area contributed by atoms with E-state index < -0.39 is 0 Å². The molecule has 5 aliphatic carbocycles. The minimum atomic E-state index is 0.552. The first-order valence-electron chi connectivity index (χ1n) is 13.5. The van der Waals surface area contributed by atoms with Crippen molar-refractivity contribution in [1.82, 2.24) is 5.32 Å². The second kappa shape index (κ2) is 7.38. The molecular weight excluding hydrogens is 386 g/mol. The van der Waals surface area contributed by atoms with Gasteiger partial charge in [0.05, 0.1) is 0 Å². The molecule has 0 heterocycles. The van der Waals surface area contributed by atoms with E-state index in [2.05, 4.69) is 39.9 Å². The van der Waals surface area contributed by atoms with Crippen molar-refractivity contribution in [2.75, 3.05) is 12.4 Å². The summed E-state index contributed by atoms with van der Waals surface area (Å²) in [5.41, 5.74) is 2.36. The lowest BCUT2D eigenvalue weighted by Gasteiger charge is -2.71. The van der Waals surface area contributed by atoms with Gasteiger partial charge in [-0.2, -0.15) is 0 Å².